The average Bonchev–Trinajstić information content (AvgIpc) is 2.92. The van der Waals surface area contributed by atoms with Crippen molar-refractivity contribution in [2.24, 2.45) is 0 Å². The van der Waals surface area contributed by atoms with Crippen molar-refractivity contribution in [2.45, 2.75) is 13.1 Å². The first-order chi connectivity index (χ1) is 9.19. The van der Waals surface area contributed by atoms with Crippen molar-refractivity contribution in [3.05, 3.63) is 59.0 Å². The molecule has 0 aliphatic heterocycles. The molecule has 0 saturated carbocycles. The fourth-order valence-corrected chi connectivity index (χ4v) is 2.01. The van der Waals surface area contributed by atoms with E-state index in [4.69, 9.17) is 27.6 Å². The first kappa shape index (κ1) is 14.0. The minimum Gasteiger partial charge on any atom is -0.467 e. The first-order valence-electron chi connectivity index (χ1n) is 5.79. The van der Waals surface area contributed by atoms with Crippen LogP contribution < -0.4 is 0 Å². The summed E-state index contributed by atoms with van der Waals surface area (Å²) in [5, 5.41) is 0.671. The standard InChI is InChI=1S/C14H13Cl2NO2/c15-8-14(18)17(10-13-2-1-7-19-13)9-11-3-5-12(16)6-4-11/h1-7H,8-10H2. The van der Waals surface area contributed by atoms with Gasteiger partial charge in [0.1, 0.15) is 11.6 Å². The molecule has 0 fully saturated rings. The lowest BCUT2D eigenvalue weighted by molar-refractivity contribution is -0.130. The summed E-state index contributed by atoms with van der Waals surface area (Å²) >= 11 is 11.5. The number of hydrogen-bond donors (Lipinski definition) is 0. The van der Waals surface area contributed by atoms with Crippen LogP contribution in [0, 0.1) is 0 Å². The maximum Gasteiger partial charge on any atom is 0.238 e. The van der Waals surface area contributed by atoms with E-state index in [1.807, 2.05) is 18.2 Å². The third-order valence-electron chi connectivity index (χ3n) is 2.68. The second kappa shape index (κ2) is 6.64. The van der Waals surface area contributed by atoms with Gasteiger partial charge in [0.2, 0.25) is 5.91 Å². The molecule has 19 heavy (non-hydrogen) atoms. The van der Waals surface area contributed by atoms with E-state index in [0.717, 1.165) is 11.3 Å². The van der Waals surface area contributed by atoms with Gasteiger partial charge in [-0.1, -0.05) is 23.7 Å². The maximum atomic E-state index is 11.8. The molecule has 2 rings (SSSR count). The van der Waals surface area contributed by atoms with E-state index in [-0.39, 0.29) is 11.8 Å². The fourth-order valence-electron chi connectivity index (χ4n) is 1.72. The summed E-state index contributed by atoms with van der Waals surface area (Å²) in [6.45, 7) is 0.880. The highest BCUT2D eigenvalue weighted by atomic mass is 35.5. The molecule has 0 radical (unpaired) electrons. The van der Waals surface area contributed by atoms with Crippen LogP contribution in [0.25, 0.3) is 0 Å². The number of furan rings is 1. The number of hydrogen-bond acceptors (Lipinski definition) is 2. The Hall–Kier alpha value is -1.45. The molecule has 0 atom stereocenters. The predicted octanol–water partition coefficient (Wildman–Crippen LogP) is 3.70. The van der Waals surface area contributed by atoms with Crippen molar-refractivity contribution in [1.82, 2.24) is 4.90 Å². The van der Waals surface area contributed by atoms with Crippen LogP contribution in [0.4, 0.5) is 0 Å². The summed E-state index contributed by atoms with van der Waals surface area (Å²) in [7, 11) is 0. The van der Waals surface area contributed by atoms with Crippen molar-refractivity contribution in [3.63, 3.8) is 0 Å². The number of alkyl halides is 1. The van der Waals surface area contributed by atoms with Gasteiger partial charge in [-0.3, -0.25) is 4.79 Å². The van der Waals surface area contributed by atoms with Gasteiger partial charge in [0.15, 0.2) is 0 Å². The van der Waals surface area contributed by atoms with E-state index in [9.17, 15) is 4.79 Å². The monoisotopic (exact) mass is 297 g/mol. The summed E-state index contributed by atoms with van der Waals surface area (Å²) in [6.07, 6.45) is 1.58. The first-order valence-corrected chi connectivity index (χ1v) is 6.71. The Kier molecular flexibility index (Phi) is 4.88. The van der Waals surface area contributed by atoms with E-state index in [0.29, 0.717) is 18.1 Å². The lowest BCUT2D eigenvalue weighted by Gasteiger charge is -2.20. The van der Waals surface area contributed by atoms with Gasteiger partial charge in [-0.15, -0.1) is 11.6 Å². The molecule has 0 bridgehead atoms. The maximum absolute atomic E-state index is 11.8. The smallest absolute Gasteiger partial charge is 0.238 e. The average molecular weight is 298 g/mol. The highest BCUT2D eigenvalue weighted by Crippen LogP contribution is 2.14. The third kappa shape index (κ3) is 4.01. The molecule has 1 aromatic carbocycles. The SMILES string of the molecule is O=C(CCl)N(Cc1ccc(Cl)cc1)Cc1ccco1. The second-order valence-corrected chi connectivity index (χ2v) is 4.79. The lowest BCUT2D eigenvalue weighted by atomic mass is 10.2. The van der Waals surface area contributed by atoms with Gasteiger partial charge < -0.3 is 9.32 Å². The molecular weight excluding hydrogens is 285 g/mol. The Labute approximate surface area is 121 Å². The van der Waals surface area contributed by atoms with Crippen molar-refractivity contribution in [1.29, 1.82) is 0 Å². The quantitative estimate of drug-likeness (QED) is 0.789. The highest BCUT2D eigenvalue weighted by molar-refractivity contribution is 6.30. The van der Waals surface area contributed by atoms with Gasteiger partial charge in [0, 0.05) is 11.6 Å². The second-order valence-electron chi connectivity index (χ2n) is 4.09. The Morgan fingerprint density at radius 2 is 1.89 bits per heavy atom. The van der Waals surface area contributed by atoms with E-state index in [2.05, 4.69) is 0 Å². The van der Waals surface area contributed by atoms with Crippen LogP contribution >= 0.6 is 23.2 Å². The number of carbonyl (C=O) groups is 1. The topological polar surface area (TPSA) is 33.5 Å². The third-order valence-corrected chi connectivity index (χ3v) is 3.16. The van der Waals surface area contributed by atoms with Gasteiger partial charge in [0.25, 0.3) is 0 Å². The normalized spacial score (nSPS) is 10.4. The molecule has 1 amide bonds. The van der Waals surface area contributed by atoms with Crippen molar-refractivity contribution in [3.8, 4) is 0 Å². The van der Waals surface area contributed by atoms with Gasteiger partial charge >= 0.3 is 0 Å². The Balaban J connectivity index is 2.09. The molecule has 100 valence electrons. The Morgan fingerprint density at radius 1 is 1.16 bits per heavy atom. The van der Waals surface area contributed by atoms with E-state index in [1.165, 1.54) is 0 Å². The van der Waals surface area contributed by atoms with Crippen molar-refractivity contribution in [2.75, 3.05) is 5.88 Å². The number of amides is 1. The highest BCUT2D eigenvalue weighted by Gasteiger charge is 2.14. The summed E-state index contributed by atoms with van der Waals surface area (Å²) < 4.78 is 5.26. The van der Waals surface area contributed by atoms with Crippen LogP contribution in [0.1, 0.15) is 11.3 Å². The molecule has 0 unspecified atom stereocenters. The predicted molar refractivity (Wildman–Crippen MR) is 75.1 cm³/mol. The zero-order valence-electron chi connectivity index (χ0n) is 10.2. The Bertz CT molecular complexity index is 523. The molecule has 3 nitrogen and oxygen atoms in total. The Morgan fingerprint density at radius 3 is 2.47 bits per heavy atom. The summed E-state index contributed by atoms with van der Waals surface area (Å²) in [5.74, 6) is 0.550. The van der Waals surface area contributed by atoms with Gasteiger partial charge in [-0.05, 0) is 29.8 Å². The minimum atomic E-state index is -0.131. The lowest BCUT2D eigenvalue weighted by Crippen LogP contribution is -2.30. The van der Waals surface area contributed by atoms with Crippen LogP contribution in [0.15, 0.2) is 47.1 Å². The molecule has 0 saturated heterocycles. The van der Waals surface area contributed by atoms with Crippen LogP contribution in [0.5, 0.6) is 0 Å². The number of halogens is 2. The number of nitrogens with zero attached hydrogens (tertiary/aromatic N) is 1. The molecular formula is C14H13Cl2NO2. The van der Waals surface area contributed by atoms with E-state index in [1.54, 1.807) is 29.4 Å². The van der Waals surface area contributed by atoms with Crippen molar-refractivity contribution < 1.29 is 9.21 Å². The zero-order valence-corrected chi connectivity index (χ0v) is 11.7. The largest absolute Gasteiger partial charge is 0.467 e. The number of rotatable bonds is 5. The molecule has 5 heteroatoms. The van der Waals surface area contributed by atoms with Gasteiger partial charge in [0.05, 0.1) is 12.8 Å². The summed E-state index contributed by atoms with van der Waals surface area (Å²) in [5.41, 5.74) is 0.995. The molecule has 1 heterocycles. The summed E-state index contributed by atoms with van der Waals surface area (Å²) in [4.78, 5) is 13.5. The molecule has 0 aliphatic carbocycles. The minimum absolute atomic E-state index is 0.0473. The van der Waals surface area contributed by atoms with E-state index >= 15 is 0 Å². The van der Waals surface area contributed by atoms with Crippen LogP contribution in [0.3, 0.4) is 0 Å². The van der Waals surface area contributed by atoms with Crippen LogP contribution in [-0.2, 0) is 17.9 Å². The fraction of sp³-hybridized carbons (Fsp3) is 0.214. The zero-order chi connectivity index (χ0) is 13.7. The molecule has 0 aliphatic rings. The van der Waals surface area contributed by atoms with E-state index < -0.39 is 0 Å². The number of carbonyl (C=O) groups excluding carboxylic acids is 1. The molecule has 1 aromatic heterocycles. The molecule has 0 spiro atoms. The van der Waals surface area contributed by atoms with Crippen LogP contribution in [-0.4, -0.2) is 16.7 Å². The molecule has 0 N–H and O–H groups in total. The molecule has 2 aromatic rings. The number of benzene rings is 1. The summed E-state index contributed by atoms with van der Waals surface area (Å²) in [6, 6.07) is 11.0. The van der Waals surface area contributed by atoms with Gasteiger partial charge in [-0.25, -0.2) is 0 Å². The van der Waals surface area contributed by atoms with Crippen LogP contribution in [0.2, 0.25) is 5.02 Å². The van der Waals surface area contributed by atoms with Gasteiger partial charge in [-0.2, -0.15) is 0 Å². The van der Waals surface area contributed by atoms with Crippen molar-refractivity contribution >= 4 is 29.1 Å².